The Balaban J connectivity index is 1.58. The van der Waals surface area contributed by atoms with Gasteiger partial charge in [0, 0.05) is 29.2 Å². The first-order chi connectivity index (χ1) is 16.6. The minimum Gasteiger partial charge on any atom is -0.361 e. The van der Waals surface area contributed by atoms with Crippen molar-refractivity contribution in [3.8, 4) is 33.6 Å². The molecule has 1 aliphatic rings. The van der Waals surface area contributed by atoms with Crippen molar-refractivity contribution in [3.63, 3.8) is 0 Å². The van der Waals surface area contributed by atoms with Crippen molar-refractivity contribution in [2.75, 3.05) is 0 Å². The molecular weight excluding hydrogens is 424 g/mol. The van der Waals surface area contributed by atoms with Gasteiger partial charge in [0.15, 0.2) is 0 Å². The van der Waals surface area contributed by atoms with Crippen molar-refractivity contribution in [2.24, 2.45) is 11.8 Å². The molecule has 0 saturated carbocycles. The predicted molar refractivity (Wildman–Crippen MR) is 150 cm³/mol. The van der Waals surface area contributed by atoms with Gasteiger partial charge >= 0.3 is 0 Å². The zero-order chi connectivity index (χ0) is 25.1. The van der Waals surface area contributed by atoms with Crippen molar-refractivity contribution in [2.45, 2.75) is 73.6 Å². The Bertz CT molecular complexity index is 1280. The van der Waals surface area contributed by atoms with Gasteiger partial charge < -0.3 is 9.97 Å². The minimum atomic E-state index is -0.0453. The Kier molecular flexibility index (Phi) is 5.82. The first kappa shape index (κ1) is 23.7. The zero-order valence-corrected chi connectivity index (χ0v) is 22.7. The lowest BCUT2D eigenvalue weighted by atomic mass is 9.81. The molecule has 0 aliphatic heterocycles. The fourth-order valence-corrected chi connectivity index (χ4v) is 6.01. The number of aromatic nitrogens is 2. The highest BCUT2D eigenvalue weighted by atomic mass is 14.7. The molecule has 2 aromatic heterocycles. The molecule has 0 fully saturated rings. The molecule has 5 rings (SSSR count). The summed E-state index contributed by atoms with van der Waals surface area (Å²) >= 11 is 0. The molecule has 0 radical (unpaired) electrons. The van der Waals surface area contributed by atoms with Crippen LogP contribution in [0.1, 0.15) is 74.9 Å². The molecule has 2 heteroatoms. The van der Waals surface area contributed by atoms with Crippen LogP contribution >= 0.6 is 0 Å². The molecular formula is C33H40N2. The number of benzene rings is 2. The predicted octanol–water partition coefficient (Wildman–Crippen LogP) is 9.00. The van der Waals surface area contributed by atoms with Gasteiger partial charge in [0.05, 0.1) is 0 Å². The average Bonchev–Trinajstić information content (AvgIpc) is 3.41. The van der Waals surface area contributed by atoms with Gasteiger partial charge in [-0.1, -0.05) is 65.8 Å². The number of nitrogens with one attached hydrogen (secondary N) is 2. The Morgan fingerprint density at radius 1 is 0.657 bits per heavy atom. The molecule has 35 heavy (non-hydrogen) atoms. The van der Waals surface area contributed by atoms with E-state index in [0.717, 1.165) is 12.8 Å². The van der Waals surface area contributed by atoms with Crippen LogP contribution in [0.15, 0.2) is 48.8 Å². The molecule has 0 saturated heterocycles. The van der Waals surface area contributed by atoms with E-state index in [1.165, 1.54) is 67.0 Å². The van der Waals surface area contributed by atoms with Crippen molar-refractivity contribution >= 4 is 0 Å². The number of hydrogen-bond donors (Lipinski definition) is 2. The molecule has 182 valence electrons. The van der Waals surface area contributed by atoms with E-state index in [0.29, 0.717) is 11.8 Å². The summed E-state index contributed by atoms with van der Waals surface area (Å²) in [6.45, 7) is 18.4. The summed E-state index contributed by atoms with van der Waals surface area (Å²) in [4.78, 5) is 7.17. The van der Waals surface area contributed by atoms with E-state index in [9.17, 15) is 0 Å². The second kappa shape index (κ2) is 8.59. The summed E-state index contributed by atoms with van der Waals surface area (Å²) in [6, 6.07) is 14.2. The topological polar surface area (TPSA) is 31.6 Å². The van der Waals surface area contributed by atoms with Crippen LogP contribution in [0.4, 0.5) is 0 Å². The molecule has 0 atom stereocenters. The summed E-state index contributed by atoms with van der Waals surface area (Å²) < 4.78 is 0. The lowest BCUT2D eigenvalue weighted by Crippen LogP contribution is -2.15. The maximum Gasteiger partial charge on any atom is 0.0489 e. The lowest BCUT2D eigenvalue weighted by molar-refractivity contribution is 0.646. The number of fused-ring (bicyclic) bond motifs is 3. The van der Waals surface area contributed by atoms with E-state index in [-0.39, 0.29) is 5.41 Å². The van der Waals surface area contributed by atoms with Gasteiger partial charge in [-0.3, -0.25) is 0 Å². The normalized spacial score (nSPS) is 14.1. The summed E-state index contributed by atoms with van der Waals surface area (Å²) in [7, 11) is 0. The zero-order valence-electron chi connectivity index (χ0n) is 22.7. The van der Waals surface area contributed by atoms with Gasteiger partial charge in [-0.25, -0.2) is 0 Å². The highest BCUT2D eigenvalue weighted by Gasteiger charge is 2.36. The van der Waals surface area contributed by atoms with Crippen LogP contribution < -0.4 is 0 Å². The molecule has 4 aromatic rings. The molecule has 2 nitrogen and oxygen atoms in total. The number of rotatable bonds is 6. The van der Waals surface area contributed by atoms with E-state index in [1.807, 2.05) is 0 Å². The molecule has 0 bridgehead atoms. The van der Waals surface area contributed by atoms with Crippen LogP contribution in [0.5, 0.6) is 0 Å². The number of aromatic amines is 2. The van der Waals surface area contributed by atoms with E-state index in [4.69, 9.17) is 0 Å². The minimum absolute atomic E-state index is 0.0453. The number of hydrogen-bond acceptors (Lipinski definition) is 0. The van der Waals surface area contributed by atoms with Crippen molar-refractivity contribution in [1.29, 1.82) is 0 Å². The second-order valence-electron chi connectivity index (χ2n) is 12.0. The van der Waals surface area contributed by atoms with E-state index in [2.05, 4.69) is 114 Å². The standard InChI is InChI=1S/C33H40N2/c1-19(2)13-27-21(5)17-34-31(27)23-9-11-25-26-12-10-24(16-30(26)33(7,8)29(25)15-23)32-28(14-20(3)4)22(6)18-35-32/h9-12,15-20,34-35H,13-14H2,1-8H3. The third-order valence-corrected chi connectivity index (χ3v) is 7.90. The maximum absolute atomic E-state index is 3.59. The van der Waals surface area contributed by atoms with E-state index in [1.54, 1.807) is 0 Å². The van der Waals surface area contributed by atoms with E-state index >= 15 is 0 Å². The smallest absolute Gasteiger partial charge is 0.0489 e. The van der Waals surface area contributed by atoms with Crippen molar-refractivity contribution in [3.05, 3.63) is 82.2 Å². The van der Waals surface area contributed by atoms with Crippen LogP contribution in [-0.2, 0) is 18.3 Å². The van der Waals surface area contributed by atoms with E-state index < -0.39 is 0 Å². The van der Waals surface area contributed by atoms with Gasteiger partial charge in [0.25, 0.3) is 0 Å². The van der Waals surface area contributed by atoms with Crippen LogP contribution in [0.25, 0.3) is 33.6 Å². The first-order valence-corrected chi connectivity index (χ1v) is 13.2. The number of H-pyrrole nitrogens is 2. The summed E-state index contributed by atoms with van der Waals surface area (Å²) in [5.74, 6) is 1.27. The molecule has 2 aromatic carbocycles. The Morgan fingerprint density at radius 2 is 1.06 bits per heavy atom. The van der Waals surface area contributed by atoms with Gasteiger partial charge in [0.1, 0.15) is 0 Å². The highest BCUT2D eigenvalue weighted by molar-refractivity contribution is 5.86. The fraction of sp³-hybridized carbons (Fsp3) is 0.394. The maximum atomic E-state index is 3.59. The summed E-state index contributed by atoms with van der Waals surface area (Å²) in [6.07, 6.45) is 6.53. The van der Waals surface area contributed by atoms with Gasteiger partial charge in [-0.05, 0) is 106 Å². The molecule has 0 unspecified atom stereocenters. The Labute approximate surface area is 211 Å². The molecule has 2 N–H and O–H groups in total. The van der Waals surface area contributed by atoms with Crippen LogP contribution in [0, 0.1) is 25.7 Å². The van der Waals surface area contributed by atoms with Crippen LogP contribution in [-0.4, -0.2) is 9.97 Å². The quantitative estimate of drug-likeness (QED) is 0.285. The Morgan fingerprint density at radius 3 is 1.43 bits per heavy atom. The SMILES string of the molecule is Cc1c[nH]c(-c2ccc3c(c2)C(C)(C)c2cc(-c4[nH]cc(C)c4CC(C)C)ccc2-3)c1CC(C)C. The monoisotopic (exact) mass is 464 g/mol. The highest BCUT2D eigenvalue weighted by Crippen LogP contribution is 2.51. The third kappa shape index (κ3) is 3.97. The molecule has 2 heterocycles. The Hall–Kier alpha value is -3.00. The molecule has 0 spiro atoms. The van der Waals surface area contributed by atoms with Crippen LogP contribution in [0.2, 0.25) is 0 Å². The largest absolute Gasteiger partial charge is 0.361 e. The summed E-state index contributed by atoms with van der Waals surface area (Å²) in [5, 5.41) is 0. The first-order valence-electron chi connectivity index (χ1n) is 13.2. The van der Waals surface area contributed by atoms with Gasteiger partial charge in [0.2, 0.25) is 0 Å². The second-order valence-corrected chi connectivity index (χ2v) is 12.0. The number of aryl methyl sites for hydroxylation is 2. The third-order valence-electron chi connectivity index (χ3n) is 7.90. The fourth-order valence-electron chi connectivity index (χ4n) is 6.01. The van der Waals surface area contributed by atoms with Gasteiger partial charge in [-0.15, -0.1) is 0 Å². The molecule has 1 aliphatic carbocycles. The molecule has 0 amide bonds. The van der Waals surface area contributed by atoms with Gasteiger partial charge in [-0.2, -0.15) is 0 Å². The van der Waals surface area contributed by atoms with Crippen molar-refractivity contribution in [1.82, 2.24) is 9.97 Å². The van der Waals surface area contributed by atoms with Crippen molar-refractivity contribution < 1.29 is 0 Å². The summed E-state index contributed by atoms with van der Waals surface area (Å²) in [5.41, 5.74) is 16.4. The van der Waals surface area contributed by atoms with Crippen LogP contribution in [0.3, 0.4) is 0 Å². The lowest BCUT2D eigenvalue weighted by Gasteiger charge is -2.23. The average molecular weight is 465 g/mol.